The van der Waals surface area contributed by atoms with E-state index in [0.717, 1.165) is 0 Å². The molecular formula is C19H12FN3O2S2. The summed E-state index contributed by atoms with van der Waals surface area (Å²) in [6, 6.07) is 14.4. The molecule has 0 aliphatic heterocycles. The molecule has 27 heavy (non-hydrogen) atoms. The van der Waals surface area contributed by atoms with E-state index in [1.807, 2.05) is 11.4 Å². The van der Waals surface area contributed by atoms with Crippen molar-refractivity contribution in [2.45, 2.75) is 0 Å². The fourth-order valence-corrected chi connectivity index (χ4v) is 3.93. The van der Waals surface area contributed by atoms with Crippen LogP contribution in [0.2, 0.25) is 0 Å². The Labute approximate surface area is 161 Å². The third kappa shape index (κ3) is 3.86. The molecule has 0 fully saturated rings. The molecule has 134 valence electrons. The molecule has 0 unspecified atom stereocenters. The minimum absolute atomic E-state index is 0.191. The summed E-state index contributed by atoms with van der Waals surface area (Å²) in [6.45, 7) is 0. The van der Waals surface area contributed by atoms with Crippen molar-refractivity contribution in [2.24, 2.45) is 0 Å². The summed E-state index contributed by atoms with van der Waals surface area (Å²) < 4.78 is 13.9. The second-order valence-corrected chi connectivity index (χ2v) is 7.57. The van der Waals surface area contributed by atoms with Crippen molar-refractivity contribution in [3.8, 4) is 0 Å². The second-order valence-electron chi connectivity index (χ2n) is 5.59. The van der Waals surface area contributed by atoms with Gasteiger partial charge in [-0.05, 0) is 53.9 Å². The maximum atomic E-state index is 13.3. The van der Waals surface area contributed by atoms with Gasteiger partial charge in [0.25, 0.3) is 11.8 Å². The Morgan fingerprint density at radius 3 is 2.52 bits per heavy atom. The molecule has 2 aromatic heterocycles. The molecule has 0 radical (unpaired) electrons. The molecule has 0 saturated carbocycles. The van der Waals surface area contributed by atoms with E-state index >= 15 is 0 Å². The molecule has 5 nitrogen and oxygen atoms in total. The number of fused-ring (bicyclic) bond motifs is 1. The lowest BCUT2D eigenvalue weighted by Crippen LogP contribution is -2.13. The Bertz CT molecular complexity index is 1120. The molecule has 0 atom stereocenters. The van der Waals surface area contributed by atoms with Crippen molar-refractivity contribution in [3.05, 3.63) is 76.2 Å². The van der Waals surface area contributed by atoms with E-state index in [0.29, 0.717) is 31.5 Å². The number of nitrogens with one attached hydrogen (secondary N) is 2. The minimum Gasteiger partial charge on any atom is -0.321 e. The van der Waals surface area contributed by atoms with Gasteiger partial charge in [-0.3, -0.25) is 14.9 Å². The van der Waals surface area contributed by atoms with Gasteiger partial charge >= 0.3 is 0 Å². The third-order valence-electron chi connectivity index (χ3n) is 3.72. The number of thiophene rings is 1. The zero-order valence-electron chi connectivity index (χ0n) is 13.7. The number of thiazole rings is 1. The lowest BCUT2D eigenvalue weighted by Gasteiger charge is -2.05. The molecule has 2 aromatic carbocycles. The standard InChI is InChI=1S/C19H12FN3O2S2/c20-12-5-8-14-16(10-12)27-19(22-14)23-17(24)11-3-6-13(7-4-11)21-18(25)15-2-1-9-26-15/h1-10H,(H,21,25)(H,22,23,24). The van der Waals surface area contributed by atoms with Gasteiger partial charge in [-0.2, -0.15) is 0 Å². The van der Waals surface area contributed by atoms with Crippen molar-refractivity contribution in [3.63, 3.8) is 0 Å². The van der Waals surface area contributed by atoms with E-state index in [1.54, 1.807) is 36.4 Å². The molecular weight excluding hydrogens is 385 g/mol. The maximum Gasteiger partial charge on any atom is 0.265 e. The largest absolute Gasteiger partial charge is 0.321 e. The molecule has 4 aromatic rings. The Morgan fingerprint density at radius 1 is 0.963 bits per heavy atom. The first-order valence-corrected chi connectivity index (χ1v) is 9.60. The average Bonchev–Trinajstić information content (AvgIpc) is 3.31. The molecule has 2 heterocycles. The van der Waals surface area contributed by atoms with E-state index in [4.69, 9.17) is 0 Å². The number of anilines is 2. The summed E-state index contributed by atoms with van der Waals surface area (Å²) in [4.78, 5) is 29.3. The van der Waals surface area contributed by atoms with Crippen LogP contribution in [0.4, 0.5) is 15.2 Å². The van der Waals surface area contributed by atoms with Gasteiger partial charge in [-0.1, -0.05) is 17.4 Å². The number of amides is 2. The van der Waals surface area contributed by atoms with Gasteiger partial charge in [0.15, 0.2) is 5.13 Å². The van der Waals surface area contributed by atoms with Crippen LogP contribution in [0.1, 0.15) is 20.0 Å². The Balaban J connectivity index is 1.44. The van der Waals surface area contributed by atoms with Crippen molar-refractivity contribution < 1.29 is 14.0 Å². The van der Waals surface area contributed by atoms with E-state index in [2.05, 4.69) is 15.6 Å². The molecule has 4 rings (SSSR count). The fraction of sp³-hybridized carbons (Fsp3) is 0. The molecule has 0 bridgehead atoms. The number of carbonyl (C=O) groups is 2. The predicted octanol–water partition coefficient (Wildman–Crippen LogP) is 5.00. The van der Waals surface area contributed by atoms with E-state index < -0.39 is 0 Å². The quantitative estimate of drug-likeness (QED) is 0.509. The van der Waals surface area contributed by atoms with E-state index in [-0.39, 0.29) is 17.6 Å². The van der Waals surface area contributed by atoms with Crippen LogP contribution in [0.3, 0.4) is 0 Å². The van der Waals surface area contributed by atoms with Gasteiger partial charge < -0.3 is 5.32 Å². The third-order valence-corrected chi connectivity index (χ3v) is 5.52. The topological polar surface area (TPSA) is 71.1 Å². The summed E-state index contributed by atoms with van der Waals surface area (Å²) in [7, 11) is 0. The van der Waals surface area contributed by atoms with Crippen molar-refractivity contribution in [2.75, 3.05) is 10.6 Å². The first-order chi connectivity index (χ1) is 13.1. The molecule has 2 amide bonds. The summed E-state index contributed by atoms with van der Waals surface area (Å²) in [5, 5.41) is 7.72. The lowest BCUT2D eigenvalue weighted by molar-refractivity contribution is 0.102. The van der Waals surface area contributed by atoms with Gasteiger partial charge in [-0.25, -0.2) is 9.37 Å². The summed E-state index contributed by atoms with van der Waals surface area (Å²) in [5.74, 6) is -0.862. The number of benzene rings is 2. The van der Waals surface area contributed by atoms with Crippen molar-refractivity contribution in [1.29, 1.82) is 0 Å². The first-order valence-electron chi connectivity index (χ1n) is 7.91. The SMILES string of the molecule is O=C(Nc1nc2ccc(F)cc2s1)c1ccc(NC(=O)c2cccs2)cc1. The molecule has 0 aliphatic carbocycles. The highest BCUT2D eigenvalue weighted by Crippen LogP contribution is 2.27. The molecule has 0 saturated heterocycles. The normalized spacial score (nSPS) is 10.7. The highest BCUT2D eigenvalue weighted by Gasteiger charge is 2.11. The second kappa shape index (κ2) is 7.26. The number of carbonyl (C=O) groups excluding carboxylic acids is 2. The number of nitrogens with zero attached hydrogens (tertiary/aromatic N) is 1. The van der Waals surface area contributed by atoms with Crippen LogP contribution in [0.15, 0.2) is 60.0 Å². The number of hydrogen-bond donors (Lipinski definition) is 2. The number of hydrogen-bond acceptors (Lipinski definition) is 5. The Hall–Kier alpha value is -3.10. The monoisotopic (exact) mass is 397 g/mol. The van der Waals surface area contributed by atoms with Gasteiger partial charge in [-0.15, -0.1) is 11.3 Å². The highest BCUT2D eigenvalue weighted by atomic mass is 32.1. The molecule has 8 heteroatoms. The number of aromatic nitrogens is 1. The zero-order chi connectivity index (χ0) is 18.8. The van der Waals surface area contributed by atoms with Crippen LogP contribution in [0, 0.1) is 5.82 Å². The van der Waals surface area contributed by atoms with Crippen LogP contribution in [-0.2, 0) is 0 Å². The van der Waals surface area contributed by atoms with Gasteiger partial charge in [0.2, 0.25) is 0 Å². The van der Waals surface area contributed by atoms with Crippen LogP contribution in [0.25, 0.3) is 10.2 Å². The summed E-state index contributed by atoms with van der Waals surface area (Å²) in [6.07, 6.45) is 0. The minimum atomic E-state index is -0.343. The summed E-state index contributed by atoms with van der Waals surface area (Å²) >= 11 is 2.56. The molecule has 0 aliphatic rings. The van der Waals surface area contributed by atoms with E-state index in [1.165, 1.54) is 34.8 Å². The van der Waals surface area contributed by atoms with Gasteiger partial charge in [0.05, 0.1) is 15.1 Å². The van der Waals surface area contributed by atoms with E-state index in [9.17, 15) is 14.0 Å². The number of halogens is 1. The lowest BCUT2D eigenvalue weighted by atomic mass is 10.2. The smallest absolute Gasteiger partial charge is 0.265 e. The Morgan fingerprint density at radius 2 is 1.78 bits per heavy atom. The van der Waals surface area contributed by atoms with Crippen molar-refractivity contribution in [1.82, 2.24) is 4.98 Å². The highest BCUT2D eigenvalue weighted by molar-refractivity contribution is 7.22. The molecule has 0 spiro atoms. The van der Waals surface area contributed by atoms with Gasteiger partial charge in [0.1, 0.15) is 5.82 Å². The fourth-order valence-electron chi connectivity index (χ4n) is 2.43. The summed E-state index contributed by atoms with van der Waals surface area (Å²) in [5.41, 5.74) is 1.65. The average molecular weight is 397 g/mol. The number of rotatable bonds is 4. The maximum absolute atomic E-state index is 13.3. The Kier molecular flexibility index (Phi) is 4.66. The zero-order valence-corrected chi connectivity index (χ0v) is 15.4. The van der Waals surface area contributed by atoms with Crippen LogP contribution in [-0.4, -0.2) is 16.8 Å². The molecule has 2 N–H and O–H groups in total. The predicted molar refractivity (Wildman–Crippen MR) is 106 cm³/mol. The van der Waals surface area contributed by atoms with Crippen LogP contribution >= 0.6 is 22.7 Å². The first kappa shape index (κ1) is 17.3. The van der Waals surface area contributed by atoms with Crippen LogP contribution in [0.5, 0.6) is 0 Å². The van der Waals surface area contributed by atoms with Crippen molar-refractivity contribution >= 4 is 55.5 Å². The van der Waals surface area contributed by atoms with Crippen LogP contribution < -0.4 is 10.6 Å². The van der Waals surface area contributed by atoms with Gasteiger partial charge in [0, 0.05) is 11.3 Å².